The molecule has 2 aliphatic rings. The molecule has 1 heterocycles. The number of nitrogens with zero attached hydrogens (tertiary/aromatic N) is 1. The Balaban J connectivity index is 1.39. The van der Waals surface area contributed by atoms with Gasteiger partial charge in [-0.05, 0) is 56.2 Å². The first kappa shape index (κ1) is 26.6. The van der Waals surface area contributed by atoms with Crippen LogP contribution in [0.15, 0.2) is 42.5 Å². The number of rotatable bonds is 9. The van der Waals surface area contributed by atoms with Crippen molar-refractivity contribution in [2.45, 2.75) is 51.1 Å². The second kappa shape index (κ2) is 12.2. The number of anilines is 2. The maximum absolute atomic E-state index is 13.5. The lowest BCUT2D eigenvalue weighted by Crippen LogP contribution is -2.52. The van der Waals surface area contributed by atoms with Gasteiger partial charge in [0.1, 0.15) is 23.4 Å². The molecule has 0 aromatic heterocycles. The normalized spacial score (nSPS) is 16.5. The largest absolute Gasteiger partial charge is 0.454 e. The third-order valence-electron chi connectivity index (χ3n) is 6.32. The molecule has 2 N–H and O–H groups in total. The minimum absolute atomic E-state index is 0.0443. The van der Waals surface area contributed by atoms with E-state index >= 15 is 0 Å². The molecule has 2 aromatic carbocycles. The number of nitrogens with one attached hydrogen (secondary N) is 2. The molecule has 1 aliphatic heterocycles. The standard InChI is InChI=1S/C26H30FN3O6S/c1-17(26(33)29-19-5-3-2-4-6-19)30(21-10-7-18(27)8-11-21)25(32)15-37(34)14-24(31)28-20-9-12-22-23(13-20)36-16-35-22/h7-13,17,19H,2-6,14-16H2,1H3,(H,28,31)(H,29,33)/t17-,37+/m1/s1. The van der Waals surface area contributed by atoms with E-state index in [2.05, 4.69) is 10.6 Å². The quantitative estimate of drug-likeness (QED) is 0.514. The molecule has 11 heteroatoms. The summed E-state index contributed by atoms with van der Waals surface area (Å²) in [7, 11) is -1.85. The first-order valence-corrected chi connectivity index (χ1v) is 13.7. The highest BCUT2D eigenvalue weighted by Crippen LogP contribution is 2.34. The highest BCUT2D eigenvalue weighted by Gasteiger charge is 2.30. The predicted molar refractivity (Wildman–Crippen MR) is 137 cm³/mol. The SMILES string of the molecule is C[C@H](C(=O)NC1CCCCC1)N(C(=O)C[S@@](=O)CC(=O)Nc1ccc2c(c1)OCO2)c1ccc(F)cc1. The smallest absolute Gasteiger partial charge is 0.243 e. The molecule has 1 saturated carbocycles. The summed E-state index contributed by atoms with van der Waals surface area (Å²) in [5.74, 6) is -1.81. The third kappa shape index (κ3) is 7.06. The number of ether oxygens (including phenoxy) is 2. The van der Waals surface area contributed by atoms with Gasteiger partial charge >= 0.3 is 0 Å². The molecule has 1 fully saturated rings. The summed E-state index contributed by atoms with van der Waals surface area (Å²) in [6, 6.07) is 9.18. The fraction of sp³-hybridized carbons (Fsp3) is 0.423. The zero-order chi connectivity index (χ0) is 26.4. The van der Waals surface area contributed by atoms with Crippen molar-refractivity contribution in [1.82, 2.24) is 5.32 Å². The lowest BCUT2D eigenvalue weighted by molar-refractivity contribution is -0.126. The summed E-state index contributed by atoms with van der Waals surface area (Å²) in [5.41, 5.74) is 0.748. The van der Waals surface area contributed by atoms with Crippen LogP contribution in [-0.2, 0) is 25.2 Å². The van der Waals surface area contributed by atoms with E-state index in [4.69, 9.17) is 9.47 Å². The minimum Gasteiger partial charge on any atom is -0.454 e. The van der Waals surface area contributed by atoms with E-state index in [1.807, 2.05) is 0 Å². The number of fused-ring (bicyclic) bond motifs is 1. The molecule has 0 bridgehead atoms. The summed E-state index contributed by atoms with van der Waals surface area (Å²) >= 11 is 0. The molecule has 198 valence electrons. The molecule has 1 aliphatic carbocycles. The molecular weight excluding hydrogens is 501 g/mol. The van der Waals surface area contributed by atoms with Crippen molar-refractivity contribution < 1.29 is 32.5 Å². The van der Waals surface area contributed by atoms with Gasteiger partial charge in [-0.1, -0.05) is 19.3 Å². The Hall–Kier alpha value is -3.47. The highest BCUT2D eigenvalue weighted by molar-refractivity contribution is 7.86. The van der Waals surface area contributed by atoms with Gasteiger partial charge in [-0.3, -0.25) is 23.5 Å². The molecule has 2 atom stereocenters. The number of carbonyl (C=O) groups excluding carboxylic acids is 3. The number of benzene rings is 2. The third-order valence-corrected chi connectivity index (χ3v) is 7.48. The zero-order valence-electron chi connectivity index (χ0n) is 20.5. The van der Waals surface area contributed by atoms with E-state index in [0.717, 1.165) is 32.1 Å². The lowest BCUT2D eigenvalue weighted by Gasteiger charge is -2.31. The van der Waals surface area contributed by atoms with E-state index in [1.165, 1.54) is 29.2 Å². The van der Waals surface area contributed by atoms with Crippen molar-refractivity contribution in [2.75, 3.05) is 28.5 Å². The molecule has 9 nitrogen and oxygen atoms in total. The monoisotopic (exact) mass is 531 g/mol. The summed E-state index contributed by atoms with van der Waals surface area (Å²) in [4.78, 5) is 39.9. The Morgan fingerprint density at radius 1 is 1.03 bits per heavy atom. The molecule has 0 radical (unpaired) electrons. The van der Waals surface area contributed by atoms with Gasteiger partial charge in [0, 0.05) is 34.3 Å². The topological polar surface area (TPSA) is 114 Å². The Kier molecular flexibility index (Phi) is 8.75. The number of hydrogen-bond acceptors (Lipinski definition) is 6. The second-order valence-electron chi connectivity index (χ2n) is 9.10. The number of halogens is 1. The Morgan fingerprint density at radius 3 is 2.46 bits per heavy atom. The highest BCUT2D eigenvalue weighted by atomic mass is 32.2. The molecule has 0 unspecified atom stereocenters. The van der Waals surface area contributed by atoms with Gasteiger partial charge in [0.2, 0.25) is 24.5 Å². The van der Waals surface area contributed by atoms with Gasteiger partial charge in [-0.25, -0.2) is 4.39 Å². The second-order valence-corrected chi connectivity index (χ2v) is 10.6. The molecule has 2 aromatic rings. The summed E-state index contributed by atoms with van der Waals surface area (Å²) in [6.07, 6.45) is 4.97. The van der Waals surface area contributed by atoms with Gasteiger partial charge < -0.3 is 20.1 Å². The maximum Gasteiger partial charge on any atom is 0.243 e. The van der Waals surface area contributed by atoms with Crippen LogP contribution in [0.1, 0.15) is 39.0 Å². The van der Waals surface area contributed by atoms with Crippen molar-refractivity contribution in [1.29, 1.82) is 0 Å². The molecule has 37 heavy (non-hydrogen) atoms. The summed E-state index contributed by atoms with van der Waals surface area (Å²) in [6.45, 7) is 1.68. The van der Waals surface area contributed by atoms with Crippen LogP contribution in [0, 0.1) is 5.82 Å². The van der Waals surface area contributed by atoms with Crippen LogP contribution < -0.4 is 25.0 Å². The first-order valence-electron chi connectivity index (χ1n) is 12.2. The van der Waals surface area contributed by atoms with Crippen molar-refractivity contribution in [3.63, 3.8) is 0 Å². The summed E-state index contributed by atoms with van der Waals surface area (Å²) in [5, 5.41) is 5.63. The number of amides is 3. The summed E-state index contributed by atoms with van der Waals surface area (Å²) < 4.78 is 36.8. The fourth-order valence-corrected chi connectivity index (χ4v) is 5.33. The van der Waals surface area contributed by atoms with Crippen LogP contribution in [0.2, 0.25) is 0 Å². The Labute approximate surface area is 217 Å². The van der Waals surface area contributed by atoms with E-state index < -0.39 is 46.0 Å². The Morgan fingerprint density at radius 2 is 1.73 bits per heavy atom. The van der Waals surface area contributed by atoms with Crippen LogP contribution in [-0.4, -0.2) is 52.3 Å². The predicted octanol–water partition coefficient (Wildman–Crippen LogP) is 3.11. The van der Waals surface area contributed by atoms with Gasteiger partial charge in [0.25, 0.3) is 0 Å². The van der Waals surface area contributed by atoms with E-state index in [0.29, 0.717) is 22.9 Å². The number of hydrogen-bond donors (Lipinski definition) is 2. The van der Waals surface area contributed by atoms with Crippen molar-refractivity contribution >= 4 is 39.9 Å². The van der Waals surface area contributed by atoms with Gasteiger partial charge in [-0.2, -0.15) is 0 Å². The Bertz CT molecular complexity index is 1170. The average Bonchev–Trinajstić information content (AvgIpc) is 3.33. The van der Waals surface area contributed by atoms with Gasteiger partial charge in [0.15, 0.2) is 11.5 Å². The van der Waals surface area contributed by atoms with Crippen molar-refractivity contribution in [3.05, 3.63) is 48.3 Å². The van der Waals surface area contributed by atoms with Crippen molar-refractivity contribution in [3.8, 4) is 11.5 Å². The maximum atomic E-state index is 13.5. The zero-order valence-corrected chi connectivity index (χ0v) is 21.4. The van der Waals surface area contributed by atoms with Gasteiger partial charge in [0.05, 0.1) is 0 Å². The van der Waals surface area contributed by atoms with Crippen LogP contribution in [0.3, 0.4) is 0 Å². The van der Waals surface area contributed by atoms with Crippen molar-refractivity contribution in [2.24, 2.45) is 0 Å². The van der Waals surface area contributed by atoms with Crippen LogP contribution in [0.25, 0.3) is 0 Å². The van der Waals surface area contributed by atoms with Crippen LogP contribution in [0.5, 0.6) is 11.5 Å². The van der Waals surface area contributed by atoms with Crippen LogP contribution >= 0.6 is 0 Å². The average molecular weight is 532 g/mol. The van der Waals surface area contributed by atoms with Gasteiger partial charge in [-0.15, -0.1) is 0 Å². The molecular formula is C26H30FN3O6S. The minimum atomic E-state index is -1.85. The molecule has 4 rings (SSSR count). The van der Waals surface area contributed by atoms with E-state index in [9.17, 15) is 23.0 Å². The van der Waals surface area contributed by atoms with E-state index in [-0.39, 0.29) is 18.7 Å². The van der Waals surface area contributed by atoms with E-state index in [1.54, 1.807) is 25.1 Å². The lowest BCUT2D eigenvalue weighted by atomic mass is 9.95. The molecule has 0 spiro atoms. The number of carbonyl (C=O) groups is 3. The van der Waals surface area contributed by atoms with Crippen LogP contribution in [0.4, 0.5) is 15.8 Å². The molecule has 0 saturated heterocycles. The first-order chi connectivity index (χ1) is 17.8. The molecule has 3 amide bonds. The fourth-order valence-electron chi connectivity index (χ4n) is 4.45.